The molecule has 1 amide bonds. The quantitative estimate of drug-likeness (QED) is 0.0868. The Morgan fingerprint density at radius 3 is 2.00 bits per heavy atom. The molecular formula is C25H46N2O15. The summed E-state index contributed by atoms with van der Waals surface area (Å²) in [5, 5.41) is 85.6. The van der Waals surface area contributed by atoms with Crippen molar-refractivity contribution >= 4 is 5.91 Å². The molecular weight excluding hydrogens is 568 g/mol. The summed E-state index contributed by atoms with van der Waals surface area (Å²) >= 11 is 0. The second kappa shape index (κ2) is 16.3. The van der Waals surface area contributed by atoms with E-state index in [9.17, 15) is 45.6 Å². The molecule has 0 aromatic heterocycles. The molecule has 3 heterocycles. The lowest BCUT2D eigenvalue weighted by molar-refractivity contribution is -0.382. The number of carbonyl (C=O) groups excluding carboxylic acids is 1. The van der Waals surface area contributed by atoms with Gasteiger partial charge in [-0.1, -0.05) is 0 Å². The zero-order valence-electron chi connectivity index (χ0n) is 23.6. The van der Waals surface area contributed by atoms with Crippen LogP contribution in [0.1, 0.15) is 33.1 Å². The monoisotopic (exact) mass is 614 g/mol. The molecule has 3 aliphatic rings. The molecule has 0 aromatic rings. The molecule has 0 aliphatic carbocycles. The van der Waals surface area contributed by atoms with E-state index < -0.39 is 111 Å². The van der Waals surface area contributed by atoms with E-state index >= 15 is 0 Å². The van der Waals surface area contributed by atoms with E-state index in [1.807, 2.05) is 0 Å². The number of amides is 1. The molecule has 15 atom stereocenters. The van der Waals surface area contributed by atoms with Gasteiger partial charge >= 0.3 is 0 Å². The van der Waals surface area contributed by atoms with Gasteiger partial charge in [-0.2, -0.15) is 0 Å². The van der Waals surface area contributed by atoms with Crippen molar-refractivity contribution in [2.45, 2.75) is 125 Å². The van der Waals surface area contributed by atoms with Crippen molar-refractivity contribution in [2.24, 2.45) is 5.73 Å². The summed E-state index contributed by atoms with van der Waals surface area (Å²) in [5.41, 5.74) is 5.51. The zero-order chi connectivity index (χ0) is 31.1. The predicted octanol–water partition coefficient (Wildman–Crippen LogP) is -5.25. The van der Waals surface area contributed by atoms with Crippen LogP contribution in [0.15, 0.2) is 0 Å². The van der Waals surface area contributed by atoms with E-state index in [4.69, 9.17) is 34.2 Å². The fraction of sp³-hybridized carbons (Fsp3) is 0.960. The summed E-state index contributed by atoms with van der Waals surface area (Å²) in [6.07, 6.45) is -19.0. The Labute approximate surface area is 243 Å². The third kappa shape index (κ3) is 8.32. The molecule has 0 spiro atoms. The van der Waals surface area contributed by atoms with E-state index in [0.717, 1.165) is 12.8 Å². The first-order chi connectivity index (χ1) is 19.9. The standard InChI is InChI=1S/C25H46N2O15/c1-10-15(31)18(34)20(36)24(38-10)42-22-19(35)16(32)12(8-28)39-25(22)41-21-13(9-29)40-23(37-7-5-3-4-6-26)14(17(21)33)27-11(2)30/h10,12-25,28-29,31-36H,3-9,26H2,1-2H3,(H,27,30)/t10?,12?,13-,14?,15+,16-,17?,18-,19-,20?,21+,22?,23+,24-,25-/m0/s1. The second-order valence-electron chi connectivity index (χ2n) is 10.8. The summed E-state index contributed by atoms with van der Waals surface area (Å²) in [7, 11) is 0. The van der Waals surface area contributed by atoms with Crippen molar-refractivity contribution in [1.82, 2.24) is 5.32 Å². The highest BCUT2D eigenvalue weighted by Gasteiger charge is 2.54. The Morgan fingerprint density at radius 2 is 1.38 bits per heavy atom. The average molecular weight is 615 g/mol. The number of nitrogens with two attached hydrogens (primary N) is 1. The minimum absolute atomic E-state index is 0.212. The van der Waals surface area contributed by atoms with Crippen molar-refractivity contribution in [3.05, 3.63) is 0 Å². The number of aliphatic hydroxyl groups is 8. The molecule has 0 radical (unpaired) electrons. The van der Waals surface area contributed by atoms with Crippen LogP contribution in [-0.4, -0.2) is 165 Å². The maximum absolute atomic E-state index is 12.0. The summed E-state index contributed by atoms with van der Waals surface area (Å²) < 4.78 is 34.3. The van der Waals surface area contributed by atoms with E-state index in [2.05, 4.69) is 5.32 Å². The van der Waals surface area contributed by atoms with Gasteiger partial charge in [0.25, 0.3) is 0 Å². The molecule has 11 N–H and O–H groups in total. The maximum atomic E-state index is 12.0. The number of unbranched alkanes of at least 4 members (excludes halogenated alkanes) is 2. The van der Waals surface area contributed by atoms with Crippen LogP contribution in [-0.2, 0) is 33.2 Å². The van der Waals surface area contributed by atoms with Crippen LogP contribution >= 0.6 is 0 Å². The minimum atomic E-state index is -1.80. The van der Waals surface area contributed by atoms with Crippen LogP contribution < -0.4 is 11.1 Å². The smallest absolute Gasteiger partial charge is 0.217 e. The molecule has 17 heteroatoms. The number of nitrogens with one attached hydrogen (secondary N) is 1. The molecule has 42 heavy (non-hydrogen) atoms. The minimum Gasteiger partial charge on any atom is -0.394 e. The zero-order valence-corrected chi connectivity index (χ0v) is 23.6. The lowest BCUT2D eigenvalue weighted by Crippen LogP contribution is -2.68. The first-order valence-electron chi connectivity index (χ1n) is 14.1. The van der Waals surface area contributed by atoms with Crippen LogP contribution in [0.3, 0.4) is 0 Å². The van der Waals surface area contributed by atoms with Gasteiger partial charge in [-0.15, -0.1) is 0 Å². The molecule has 3 rings (SSSR count). The van der Waals surface area contributed by atoms with Crippen LogP contribution in [0.5, 0.6) is 0 Å². The Morgan fingerprint density at radius 1 is 0.738 bits per heavy atom. The van der Waals surface area contributed by atoms with Crippen LogP contribution in [0.4, 0.5) is 0 Å². The SMILES string of the molecule is CC(=O)NC1C(O)[C@H](O[C@@H]2OC(CO)[C@H](O)[C@H](O)C2O[C@@H]2OC(C)[C@@H](O)[C@H](O)C2O)[C@H](CO)O[C@H]1OCCCCCN. The highest BCUT2D eigenvalue weighted by Crippen LogP contribution is 2.33. The van der Waals surface area contributed by atoms with Crippen LogP contribution in [0.25, 0.3) is 0 Å². The summed E-state index contributed by atoms with van der Waals surface area (Å²) in [6, 6.07) is -1.17. The van der Waals surface area contributed by atoms with Gasteiger partial charge in [0.15, 0.2) is 18.9 Å². The molecule has 246 valence electrons. The molecule has 17 nitrogen and oxygen atoms in total. The highest BCUT2D eigenvalue weighted by atomic mass is 16.8. The van der Waals surface area contributed by atoms with E-state index in [0.29, 0.717) is 13.0 Å². The lowest BCUT2D eigenvalue weighted by atomic mass is 9.95. The number of rotatable bonds is 13. The fourth-order valence-electron chi connectivity index (χ4n) is 5.13. The third-order valence-electron chi connectivity index (χ3n) is 7.57. The number of aliphatic hydroxyl groups excluding tert-OH is 8. The van der Waals surface area contributed by atoms with E-state index in [-0.39, 0.29) is 6.61 Å². The van der Waals surface area contributed by atoms with Crippen LogP contribution in [0, 0.1) is 0 Å². The second-order valence-corrected chi connectivity index (χ2v) is 10.8. The summed E-state index contributed by atoms with van der Waals surface area (Å²) in [5.74, 6) is -0.520. The highest BCUT2D eigenvalue weighted by molar-refractivity contribution is 5.73. The maximum Gasteiger partial charge on any atom is 0.217 e. The van der Waals surface area contributed by atoms with Gasteiger partial charge in [0.2, 0.25) is 5.91 Å². The van der Waals surface area contributed by atoms with Crippen molar-refractivity contribution in [1.29, 1.82) is 0 Å². The van der Waals surface area contributed by atoms with Crippen molar-refractivity contribution in [3.8, 4) is 0 Å². The van der Waals surface area contributed by atoms with Crippen molar-refractivity contribution in [3.63, 3.8) is 0 Å². The van der Waals surface area contributed by atoms with E-state index in [1.54, 1.807) is 0 Å². The predicted molar refractivity (Wildman–Crippen MR) is 138 cm³/mol. The topological polar surface area (TPSA) is 272 Å². The first-order valence-corrected chi connectivity index (χ1v) is 14.1. The van der Waals surface area contributed by atoms with Gasteiger partial charge in [0.1, 0.15) is 67.1 Å². The fourth-order valence-corrected chi connectivity index (χ4v) is 5.13. The molecule has 0 saturated carbocycles. The van der Waals surface area contributed by atoms with E-state index in [1.165, 1.54) is 13.8 Å². The number of carbonyl (C=O) groups is 1. The Balaban J connectivity index is 1.82. The Kier molecular flexibility index (Phi) is 13.7. The van der Waals surface area contributed by atoms with Gasteiger partial charge in [-0.05, 0) is 32.7 Å². The molecule has 3 saturated heterocycles. The first kappa shape index (κ1) is 35.4. The largest absolute Gasteiger partial charge is 0.394 e. The summed E-state index contributed by atoms with van der Waals surface area (Å²) in [4.78, 5) is 12.0. The van der Waals surface area contributed by atoms with Crippen molar-refractivity contribution in [2.75, 3.05) is 26.4 Å². The third-order valence-corrected chi connectivity index (χ3v) is 7.57. The lowest BCUT2D eigenvalue weighted by Gasteiger charge is -2.49. The number of hydrogen-bond donors (Lipinski definition) is 10. The van der Waals surface area contributed by atoms with Gasteiger partial charge < -0.3 is 80.3 Å². The Bertz CT molecular complexity index is 829. The van der Waals surface area contributed by atoms with Gasteiger partial charge in [-0.3, -0.25) is 4.79 Å². The van der Waals surface area contributed by atoms with Gasteiger partial charge in [0.05, 0.1) is 19.3 Å². The molecule has 3 aliphatic heterocycles. The number of hydrogen-bond acceptors (Lipinski definition) is 16. The molecule has 0 aromatic carbocycles. The molecule has 0 bridgehead atoms. The van der Waals surface area contributed by atoms with Crippen LogP contribution in [0.2, 0.25) is 0 Å². The van der Waals surface area contributed by atoms with Gasteiger partial charge in [-0.25, -0.2) is 0 Å². The average Bonchev–Trinajstić information content (AvgIpc) is 2.96. The Hall–Kier alpha value is -1.13. The number of ether oxygens (including phenoxy) is 6. The molecule has 3 fully saturated rings. The van der Waals surface area contributed by atoms with Crippen molar-refractivity contribution < 1.29 is 74.1 Å². The molecule has 6 unspecified atom stereocenters. The normalized spacial score (nSPS) is 44.6. The van der Waals surface area contributed by atoms with Gasteiger partial charge in [0, 0.05) is 13.5 Å². The summed E-state index contributed by atoms with van der Waals surface area (Å²) in [6.45, 7) is 1.93.